The summed E-state index contributed by atoms with van der Waals surface area (Å²) >= 11 is 2.94. The Kier molecular flexibility index (Phi) is 5.19. The maximum absolute atomic E-state index is 13.4. The fourth-order valence-electron chi connectivity index (χ4n) is 1.39. The highest BCUT2D eigenvalue weighted by Crippen LogP contribution is 2.23. The predicted molar refractivity (Wildman–Crippen MR) is 66.6 cm³/mol. The maximum atomic E-state index is 13.4. The molecule has 0 spiro atoms. The summed E-state index contributed by atoms with van der Waals surface area (Å²) in [7, 11) is 0. The summed E-state index contributed by atoms with van der Waals surface area (Å²) in [6.07, 6.45) is 2.03. The van der Waals surface area contributed by atoms with Crippen molar-refractivity contribution in [2.75, 3.05) is 11.9 Å². The molecule has 1 aromatic carbocycles. The van der Waals surface area contributed by atoms with Crippen molar-refractivity contribution in [2.45, 2.75) is 26.7 Å². The van der Waals surface area contributed by atoms with E-state index in [1.54, 1.807) is 0 Å². The normalized spacial score (nSPS) is 10.9. The van der Waals surface area contributed by atoms with Crippen LogP contribution in [0.25, 0.3) is 0 Å². The topological polar surface area (TPSA) is 12.0 Å². The molecule has 16 heavy (non-hydrogen) atoms. The van der Waals surface area contributed by atoms with E-state index in [4.69, 9.17) is 0 Å². The van der Waals surface area contributed by atoms with E-state index < -0.39 is 11.6 Å². The number of anilines is 1. The first-order chi connectivity index (χ1) is 7.50. The third kappa shape index (κ3) is 4.08. The lowest BCUT2D eigenvalue weighted by Gasteiger charge is -2.09. The largest absolute Gasteiger partial charge is 0.383 e. The molecule has 4 heteroatoms. The minimum absolute atomic E-state index is 0.151. The lowest BCUT2D eigenvalue weighted by molar-refractivity contribution is 0.564. The van der Waals surface area contributed by atoms with Crippen LogP contribution in [-0.2, 0) is 0 Å². The van der Waals surface area contributed by atoms with E-state index in [9.17, 15) is 8.78 Å². The second kappa shape index (κ2) is 6.18. The number of halogens is 3. The van der Waals surface area contributed by atoms with E-state index in [0.717, 1.165) is 18.9 Å². The molecule has 0 aliphatic heterocycles. The molecular weight excluding hydrogens is 276 g/mol. The summed E-state index contributed by atoms with van der Waals surface area (Å²) < 4.78 is 26.7. The zero-order valence-electron chi connectivity index (χ0n) is 9.49. The van der Waals surface area contributed by atoms with Crippen molar-refractivity contribution in [1.29, 1.82) is 0 Å². The molecule has 0 amide bonds. The van der Waals surface area contributed by atoms with Crippen molar-refractivity contribution >= 4 is 21.6 Å². The maximum Gasteiger partial charge on any atom is 0.147 e. The van der Waals surface area contributed by atoms with Gasteiger partial charge in [-0.3, -0.25) is 0 Å². The van der Waals surface area contributed by atoms with Gasteiger partial charge < -0.3 is 5.32 Å². The fourth-order valence-corrected chi connectivity index (χ4v) is 1.71. The highest BCUT2D eigenvalue weighted by atomic mass is 79.9. The van der Waals surface area contributed by atoms with Gasteiger partial charge in [-0.05, 0) is 40.8 Å². The van der Waals surface area contributed by atoms with Gasteiger partial charge in [-0.1, -0.05) is 13.8 Å². The number of benzene rings is 1. The van der Waals surface area contributed by atoms with Crippen molar-refractivity contribution in [2.24, 2.45) is 5.92 Å². The molecule has 0 aromatic heterocycles. The molecule has 90 valence electrons. The Hall–Kier alpha value is -0.640. The minimum Gasteiger partial charge on any atom is -0.383 e. The van der Waals surface area contributed by atoms with E-state index in [0.29, 0.717) is 12.5 Å². The van der Waals surface area contributed by atoms with Crippen LogP contribution in [-0.4, -0.2) is 6.54 Å². The van der Waals surface area contributed by atoms with E-state index >= 15 is 0 Å². The lowest BCUT2D eigenvalue weighted by Crippen LogP contribution is -2.05. The molecule has 0 heterocycles. The summed E-state index contributed by atoms with van der Waals surface area (Å²) in [5, 5.41) is 2.90. The first kappa shape index (κ1) is 13.4. The zero-order valence-corrected chi connectivity index (χ0v) is 11.1. The van der Waals surface area contributed by atoms with Crippen LogP contribution in [0.3, 0.4) is 0 Å². The van der Waals surface area contributed by atoms with Gasteiger partial charge in [-0.2, -0.15) is 0 Å². The number of nitrogens with one attached hydrogen (secondary N) is 1. The van der Waals surface area contributed by atoms with Gasteiger partial charge in [-0.25, -0.2) is 8.78 Å². The van der Waals surface area contributed by atoms with Gasteiger partial charge in [0.1, 0.15) is 11.6 Å². The monoisotopic (exact) mass is 291 g/mol. The third-order valence-electron chi connectivity index (χ3n) is 2.28. The first-order valence-corrected chi connectivity index (χ1v) is 6.18. The van der Waals surface area contributed by atoms with Crippen LogP contribution in [0.2, 0.25) is 0 Å². The molecule has 1 nitrogen and oxygen atoms in total. The third-order valence-corrected chi connectivity index (χ3v) is 2.89. The number of hydrogen-bond donors (Lipinski definition) is 1. The summed E-state index contributed by atoms with van der Waals surface area (Å²) in [5.74, 6) is -0.251. The Bertz CT molecular complexity index is 353. The van der Waals surface area contributed by atoms with E-state index in [1.807, 2.05) is 0 Å². The van der Waals surface area contributed by atoms with Crippen LogP contribution >= 0.6 is 15.9 Å². The van der Waals surface area contributed by atoms with Crippen molar-refractivity contribution in [3.63, 3.8) is 0 Å². The molecule has 0 radical (unpaired) electrons. The average molecular weight is 292 g/mol. The lowest BCUT2D eigenvalue weighted by atomic mass is 10.1. The Morgan fingerprint density at radius 2 is 1.94 bits per heavy atom. The van der Waals surface area contributed by atoms with E-state index in [-0.39, 0.29) is 10.2 Å². The van der Waals surface area contributed by atoms with Gasteiger partial charge in [0.2, 0.25) is 0 Å². The summed E-state index contributed by atoms with van der Waals surface area (Å²) in [6, 6.07) is 2.31. The second-order valence-corrected chi connectivity index (χ2v) is 5.06. The Labute approximate surface area is 103 Å². The molecule has 0 saturated carbocycles. The summed E-state index contributed by atoms with van der Waals surface area (Å²) in [6.45, 7) is 4.94. The van der Waals surface area contributed by atoms with Gasteiger partial charge in [0.15, 0.2) is 0 Å². The summed E-state index contributed by atoms with van der Waals surface area (Å²) in [5.41, 5.74) is 0.226. The minimum atomic E-state index is -0.451. The molecule has 1 rings (SSSR count). The van der Waals surface area contributed by atoms with Crippen LogP contribution in [0.5, 0.6) is 0 Å². The van der Waals surface area contributed by atoms with Gasteiger partial charge in [-0.15, -0.1) is 0 Å². The van der Waals surface area contributed by atoms with Crippen LogP contribution in [0.1, 0.15) is 26.7 Å². The predicted octanol–water partition coefficient (Wildman–Crippen LogP) is 4.58. The Morgan fingerprint density at radius 1 is 1.25 bits per heavy atom. The second-order valence-electron chi connectivity index (χ2n) is 4.21. The molecule has 1 N–H and O–H groups in total. The SMILES string of the molecule is CC(C)CCCNc1cc(F)c(Br)cc1F. The van der Waals surface area contributed by atoms with E-state index in [1.165, 1.54) is 6.07 Å². The van der Waals surface area contributed by atoms with Crippen LogP contribution in [0.4, 0.5) is 14.5 Å². The summed E-state index contributed by atoms with van der Waals surface area (Å²) in [4.78, 5) is 0. The molecule has 0 fully saturated rings. The Morgan fingerprint density at radius 3 is 2.56 bits per heavy atom. The van der Waals surface area contributed by atoms with E-state index in [2.05, 4.69) is 35.1 Å². The molecule has 1 aromatic rings. The highest BCUT2D eigenvalue weighted by molar-refractivity contribution is 9.10. The van der Waals surface area contributed by atoms with Crippen LogP contribution in [0, 0.1) is 17.6 Å². The first-order valence-electron chi connectivity index (χ1n) is 5.39. The van der Waals surface area contributed by atoms with Gasteiger partial charge >= 0.3 is 0 Å². The van der Waals surface area contributed by atoms with Gasteiger partial charge in [0.25, 0.3) is 0 Å². The van der Waals surface area contributed by atoms with Gasteiger partial charge in [0.05, 0.1) is 10.2 Å². The number of hydrogen-bond acceptors (Lipinski definition) is 1. The van der Waals surface area contributed by atoms with Crippen LogP contribution < -0.4 is 5.32 Å². The fraction of sp³-hybridized carbons (Fsp3) is 0.500. The Balaban J connectivity index is 2.51. The zero-order chi connectivity index (χ0) is 12.1. The molecule has 0 bridgehead atoms. The van der Waals surface area contributed by atoms with Crippen LogP contribution in [0.15, 0.2) is 16.6 Å². The smallest absolute Gasteiger partial charge is 0.147 e. The van der Waals surface area contributed by atoms with Gasteiger partial charge in [0, 0.05) is 12.6 Å². The molecule has 0 aliphatic carbocycles. The average Bonchev–Trinajstić information content (AvgIpc) is 2.19. The van der Waals surface area contributed by atoms with Crippen molar-refractivity contribution < 1.29 is 8.78 Å². The quantitative estimate of drug-likeness (QED) is 0.619. The highest BCUT2D eigenvalue weighted by Gasteiger charge is 2.07. The molecule has 0 unspecified atom stereocenters. The standard InChI is InChI=1S/C12H16BrF2N/c1-8(2)4-3-5-16-12-7-10(14)9(13)6-11(12)15/h6-8,16H,3-5H2,1-2H3. The number of rotatable bonds is 5. The van der Waals surface area contributed by atoms with Crippen molar-refractivity contribution in [1.82, 2.24) is 0 Å². The molecular formula is C12H16BrF2N. The van der Waals surface area contributed by atoms with Crippen molar-refractivity contribution in [3.8, 4) is 0 Å². The molecule has 0 saturated heterocycles. The van der Waals surface area contributed by atoms with Crippen molar-refractivity contribution in [3.05, 3.63) is 28.2 Å². The molecule has 0 aliphatic rings. The molecule has 0 atom stereocenters.